The molecule has 4 nitrogen and oxygen atoms in total. The number of benzene rings is 3. The van der Waals surface area contributed by atoms with Crippen LogP contribution in [-0.2, 0) is 12.6 Å². The van der Waals surface area contributed by atoms with Gasteiger partial charge in [0.25, 0.3) is 0 Å². The van der Waals surface area contributed by atoms with Crippen molar-refractivity contribution in [2.75, 3.05) is 5.32 Å². The molecule has 0 aromatic heterocycles. The maximum absolute atomic E-state index is 12.2. The van der Waals surface area contributed by atoms with E-state index in [1.807, 2.05) is 54.6 Å². The van der Waals surface area contributed by atoms with Crippen molar-refractivity contribution in [1.29, 1.82) is 0 Å². The summed E-state index contributed by atoms with van der Waals surface area (Å²) in [6.45, 7) is 0. The zero-order chi connectivity index (χ0) is 15.6. The van der Waals surface area contributed by atoms with Crippen molar-refractivity contribution < 1.29 is 10.9 Å². The number of hydrogen-bond donors (Lipinski definition) is 1. The SMILES string of the molecule is O=S(=O)(OI)c1cccc2cccc(Nc3ccccc3)c12. The highest BCUT2D eigenvalue weighted by atomic mass is 127. The Labute approximate surface area is 142 Å². The lowest BCUT2D eigenvalue weighted by Crippen LogP contribution is -2.02. The Hall–Kier alpha value is -1.64. The number of rotatable bonds is 4. The molecule has 3 aromatic carbocycles. The van der Waals surface area contributed by atoms with Crippen molar-refractivity contribution >= 4 is 55.3 Å². The van der Waals surface area contributed by atoms with Crippen LogP contribution in [0.2, 0.25) is 0 Å². The summed E-state index contributed by atoms with van der Waals surface area (Å²) < 4.78 is 29.0. The summed E-state index contributed by atoms with van der Waals surface area (Å²) in [7, 11) is -3.79. The predicted octanol–water partition coefficient (Wildman–Crippen LogP) is 4.64. The molecule has 0 aliphatic rings. The largest absolute Gasteiger partial charge is 0.355 e. The first-order valence-corrected chi connectivity index (χ1v) is 8.80. The van der Waals surface area contributed by atoms with E-state index in [2.05, 4.69) is 7.83 Å². The van der Waals surface area contributed by atoms with Gasteiger partial charge in [0, 0.05) is 16.8 Å². The number of halogens is 1. The average molecular weight is 425 g/mol. The van der Waals surface area contributed by atoms with Gasteiger partial charge in [-0.3, -0.25) is 0 Å². The van der Waals surface area contributed by atoms with E-state index in [-0.39, 0.29) is 4.90 Å². The van der Waals surface area contributed by atoms with Gasteiger partial charge in [-0.25, -0.2) is 0 Å². The van der Waals surface area contributed by atoms with Gasteiger partial charge >= 0.3 is 10.1 Å². The molecule has 0 spiro atoms. The molecule has 1 N–H and O–H groups in total. The van der Waals surface area contributed by atoms with Gasteiger partial charge in [0.15, 0.2) is 0 Å². The van der Waals surface area contributed by atoms with Crippen LogP contribution in [0.4, 0.5) is 11.4 Å². The van der Waals surface area contributed by atoms with E-state index in [4.69, 9.17) is 0 Å². The van der Waals surface area contributed by atoms with Crippen LogP contribution in [0.1, 0.15) is 0 Å². The highest BCUT2D eigenvalue weighted by Crippen LogP contribution is 2.33. The van der Waals surface area contributed by atoms with E-state index < -0.39 is 10.1 Å². The molecule has 0 unspecified atom stereocenters. The third-order valence-corrected chi connectivity index (χ3v) is 5.74. The number of fused-ring (bicyclic) bond motifs is 1. The van der Waals surface area contributed by atoms with E-state index in [0.717, 1.165) is 16.8 Å². The van der Waals surface area contributed by atoms with Crippen LogP contribution in [0, 0.1) is 0 Å². The van der Waals surface area contributed by atoms with Gasteiger partial charge in [0.05, 0.1) is 0 Å². The lowest BCUT2D eigenvalue weighted by molar-refractivity contribution is 0.537. The molecule has 0 saturated carbocycles. The Balaban J connectivity index is 2.23. The summed E-state index contributed by atoms with van der Waals surface area (Å²) in [6.07, 6.45) is 0. The Bertz CT molecular complexity index is 906. The van der Waals surface area contributed by atoms with E-state index >= 15 is 0 Å². The van der Waals surface area contributed by atoms with E-state index in [1.165, 1.54) is 23.0 Å². The second-order valence-corrected chi connectivity index (χ2v) is 7.22. The first-order chi connectivity index (χ1) is 10.6. The Morgan fingerprint density at radius 2 is 1.55 bits per heavy atom. The Kier molecular flexibility index (Phi) is 4.32. The molecule has 0 heterocycles. The van der Waals surface area contributed by atoms with Gasteiger partial charge < -0.3 is 5.32 Å². The zero-order valence-corrected chi connectivity index (χ0v) is 14.3. The predicted molar refractivity (Wildman–Crippen MR) is 96.0 cm³/mol. The Morgan fingerprint density at radius 3 is 2.23 bits per heavy atom. The zero-order valence-electron chi connectivity index (χ0n) is 11.4. The Morgan fingerprint density at radius 1 is 0.864 bits per heavy atom. The summed E-state index contributed by atoms with van der Waals surface area (Å²) in [5, 5.41) is 4.71. The molecule has 0 fully saturated rings. The molecule has 0 saturated heterocycles. The normalized spacial score (nSPS) is 11.5. The molecule has 0 aliphatic heterocycles. The molecule has 0 bridgehead atoms. The molecule has 6 heteroatoms. The number of para-hydroxylation sites is 1. The van der Waals surface area contributed by atoms with E-state index in [9.17, 15) is 8.42 Å². The first kappa shape index (κ1) is 15.3. The van der Waals surface area contributed by atoms with Gasteiger partial charge in [-0.15, -0.1) is 0 Å². The highest BCUT2D eigenvalue weighted by molar-refractivity contribution is 14.1. The fourth-order valence-corrected chi connectivity index (χ4v) is 3.70. The van der Waals surface area contributed by atoms with Gasteiger partial charge in [-0.2, -0.15) is 10.9 Å². The quantitative estimate of drug-likeness (QED) is 0.619. The minimum atomic E-state index is -3.79. The maximum Gasteiger partial charge on any atom is 0.306 e. The van der Waals surface area contributed by atoms with Crippen LogP contribution in [0.15, 0.2) is 71.6 Å². The molecule has 3 aromatic rings. The second kappa shape index (κ2) is 6.23. The summed E-state index contributed by atoms with van der Waals surface area (Å²) in [6, 6.07) is 20.3. The topological polar surface area (TPSA) is 55.4 Å². The fourth-order valence-electron chi connectivity index (χ4n) is 2.33. The van der Waals surface area contributed by atoms with E-state index in [0.29, 0.717) is 5.39 Å². The van der Waals surface area contributed by atoms with Crippen molar-refractivity contribution in [3.8, 4) is 0 Å². The van der Waals surface area contributed by atoms with Gasteiger partial charge in [-0.1, -0.05) is 42.5 Å². The number of anilines is 2. The monoisotopic (exact) mass is 425 g/mol. The van der Waals surface area contributed by atoms with Crippen LogP contribution in [0.3, 0.4) is 0 Å². The van der Waals surface area contributed by atoms with E-state index in [1.54, 1.807) is 12.1 Å². The van der Waals surface area contributed by atoms with Crippen molar-refractivity contribution in [1.82, 2.24) is 0 Å². The molecule has 0 atom stereocenters. The second-order valence-electron chi connectivity index (χ2n) is 4.67. The number of hydrogen-bond acceptors (Lipinski definition) is 4. The first-order valence-electron chi connectivity index (χ1n) is 6.51. The molecule has 3 rings (SSSR count). The van der Waals surface area contributed by atoms with Gasteiger partial charge in [0.1, 0.15) is 27.9 Å². The standard InChI is InChI=1S/C16H12INO3S/c17-21-22(19,20)15-11-5-7-12-6-4-10-14(16(12)15)18-13-8-2-1-3-9-13/h1-11,18H. The summed E-state index contributed by atoms with van der Waals surface area (Å²) in [5.41, 5.74) is 1.61. The third-order valence-electron chi connectivity index (χ3n) is 3.27. The summed E-state index contributed by atoms with van der Waals surface area (Å²) in [5.74, 6) is 0. The smallest absolute Gasteiger partial charge is 0.306 e. The van der Waals surface area contributed by atoms with Crippen molar-refractivity contribution in [2.45, 2.75) is 4.90 Å². The van der Waals surface area contributed by atoms with Crippen LogP contribution < -0.4 is 5.32 Å². The minimum absolute atomic E-state index is 0.151. The molecular formula is C16H12INO3S. The van der Waals surface area contributed by atoms with Crippen molar-refractivity contribution in [3.63, 3.8) is 0 Å². The molecular weight excluding hydrogens is 413 g/mol. The molecule has 0 aliphatic carbocycles. The fraction of sp³-hybridized carbons (Fsp3) is 0. The lowest BCUT2D eigenvalue weighted by Gasteiger charge is -2.12. The highest BCUT2D eigenvalue weighted by Gasteiger charge is 2.19. The maximum atomic E-state index is 12.2. The average Bonchev–Trinajstić information content (AvgIpc) is 2.55. The molecule has 22 heavy (non-hydrogen) atoms. The van der Waals surface area contributed by atoms with Crippen LogP contribution >= 0.6 is 23.0 Å². The van der Waals surface area contributed by atoms with Crippen LogP contribution in [0.5, 0.6) is 0 Å². The van der Waals surface area contributed by atoms with Crippen molar-refractivity contribution in [3.05, 3.63) is 66.7 Å². The summed E-state index contributed by atoms with van der Waals surface area (Å²) >= 11 is 1.39. The molecule has 0 amide bonds. The van der Waals surface area contributed by atoms with Crippen LogP contribution in [-0.4, -0.2) is 8.42 Å². The summed E-state index contributed by atoms with van der Waals surface area (Å²) in [4.78, 5) is 0.151. The van der Waals surface area contributed by atoms with Gasteiger partial charge in [-0.05, 0) is 29.7 Å². The lowest BCUT2D eigenvalue weighted by atomic mass is 10.1. The van der Waals surface area contributed by atoms with Crippen molar-refractivity contribution in [2.24, 2.45) is 0 Å². The van der Waals surface area contributed by atoms with Crippen LogP contribution in [0.25, 0.3) is 10.8 Å². The van der Waals surface area contributed by atoms with Gasteiger partial charge in [0.2, 0.25) is 0 Å². The molecule has 112 valence electrons. The molecule has 0 radical (unpaired) electrons. The minimum Gasteiger partial charge on any atom is -0.355 e. The number of nitrogens with one attached hydrogen (secondary N) is 1. The third kappa shape index (κ3) is 2.94.